The summed E-state index contributed by atoms with van der Waals surface area (Å²) in [7, 11) is 0. The number of halogens is 3. The summed E-state index contributed by atoms with van der Waals surface area (Å²) in [4.78, 5) is 13.6. The predicted octanol–water partition coefficient (Wildman–Crippen LogP) is 3.05. The average Bonchev–Trinajstić information content (AvgIpc) is 2.33. The van der Waals surface area contributed by atoms with Gasteiger partial charge in [0.25, 0.3) is 5.91 Å². The molecule has 0 aliphatic carbocycles. The number of alkyl halides is 1. The zero-order valence-electron chi connectivity index (χ0n) is 9.13. The van der Waals surface area contributed by atoms with Gasteiger partial charge in [0, 0.05) is 18.7 Å². The standard InChI is InChI=1S/C12H12ClF2NO/c13-10-7-8(1-2-11(10)15)12(17)16-5-3-9(14)4-6-16/h1-2,7,9H,3-6H2. The first kappa shape index (κ1) is 12.3. The zero-order valence-corrected chi connectivity index (χ0v) is 9.88. The van der Waals surface area contributed by atoms with Gasteiger partial charge in [-0.05, 0) is 31.0 Å². The summed E-state index contributed by atoms with van der Waals surface area (Å²) in [6, 6.07) is 3.86. The molecule has 1 aromatic carbocycles. The van der Waals surface area contributed by atoms with Gasteiger partial charge in [-0.25, -0.2) is 8.78 Å². The Morgan fingerprint density at radius 2 is 2.00 bits per heavy atom. The van der Waals surface area contributed by atoms with Crippen LogP contribution in [0.4, 0.5) is 8.78 Å². The van der Waals surface area contributed by atoms with Gasteiger partial charge in [-0.2, -0.15) is 0 Å². The number of amides is 1. The van der Waals surface area contributed by atoms with Crippen LogP contribution in [0.5, 0.6) is 0 Å². The highest BCUT2D eigenvalue weighted by atomic mass is 35.5. The van der Waals surface area contributed by atoms with Crippen LogP contribution >= 0.6 is 11.6 Å². The second kappa shape index (κ2) is 5.00. The van der Waals surface area contributed by atoms with E-state index in [1.165, 1.54) is 12.1 Å². The van der Waals surface area contributed by atoms with Crippen molar-refractivity contribution in [1.82, 2.24) is 4.90 Å². The summed E-state index contributed by atoms with van der Waals surface area (Å²) in [5.74, 6) is -0.774. The maximum absolute atomic E-state index is 12.9. The minimum atomic E-state index is -0.823. The van der Waals surface area contributed by atoms with Crippen molar-refractivity contribution in [2.24, 2.45) is 0 Å². The lowest BCUT2D eigenvalue weighted by molar-refractivity contribution is 0.0667. The van der Waals surface area contributed by atoms with Gasteiger partial charge in [0.05, 0.1) is 5.02 Å². The van der Waals surface area contributed by atoms with Crippen molar-refractivity contribution >= 4 is 17.5 Å². The van der Waals surface area contributed by atoms with Crippen LogP contribution in [0.1, 0.15) is 23.2 Å². The Kier molecular flexibility index (Phi) is 3.62. The van der Waals surface area contributed by atoms with Gasteiger partial charge in [0.15, 0.2) is 0 Å². The van der Waals surface area contributed by atoms with Crippen molar-refractivity contribution in [2.75, 3.05) is 13.1 Å². The Labute approximate surface area is 103 Å². The lowest BCUT2D eigenvalue weighted by Gasteiger charge is -2.28. The molecule has 1 amide bonds. The second-order valence-electron chi connectivity index (χ2n) is 4.10. The van der Waals surface area contributed by atoms with Crippen molar-refractivity contribution in [3.05, 3.63) is 34.6 Å². The number of likely N-dealkylation sites (tertiary alicyclic amines) is 1. The lowest BCUT2D eigenvalue weighted by atomic mass is 10.1. The molecular weight excluding hydrogens is 248 g/mol. The average molecular weight is 260 g/mol. The van der Waals surface area contributed by atoms with E-state index in [2.05, 4.69) is 0 Å². The highest BCUT2D eigenvalue weighted by Gasteiger charge is 2.23. The maximum atomic E-state index is 12.9. The first-order chi connectivity index (χ1) is 8.08. The third kappa shape index (κ3) is 2.75. The molecule has 17 heavy (non-hydrogen) atoms. The van der Waals surface area contributed by atoms with E-state index in [1.54, 1.807) is 4.90 Å². The van der Waals surface area contributed by atoms with Gasteiger partial charge in [0.2, 0.25) is 0 Å². The van der Waals surface area contributed by atoms with Gasteiger partial charge in [-0.3, -0.25) is 4.79 Å². The molecule has 1 saturated heterocycles. The first-order valence-electron chi connectivity index (χ1n) is 5.46. The molecule has 0 bridgehead atoms. The lowest BCUT2D eigenvalue weighted by Crippen LogP contribution is -2.39. The van der Waals surface area contributed by atoms with Crippen LogP contribution in [-0.4, -0.2) is 30.1 Å². The topological polar surface area (TPSA) is 20.3 Å². The first-order valence-corrected chi connectivity index (χ1v) is 5.84. The molecule has 0 radical (unpaired) electrons. The van der Waals surface area contributed by atoms with Crippen LogP contribution in [0.3, 0.4) is 0 Å². The number of hydrogen-bond donors (Lipinski definition) is 0. The Bertz CT molecular complexity index is 431. The fraction of sp³-hybridized carbons (Fsp3) is 0.417. The van der Waals surface area contributed by atoms with E-state index in [0.29, 0.717) is 31.5 Å². The van der Waals surface area contributed by atoms with Crippen LogP contribution < -0.4 is 0 Å². The van der Waals surface area contributed by atoms with E-state index in [-0.39, 0.29) is 10.9 Å². The SMILES string of the molecule is O=C(c1ccc(F)c(Cl)c1)N1CCC(F)CC1. The van der Waals surface area contributed by atoms with Crippen LogP contribution in [0.15, 0.2) is 18.2 Å². The molecule has 1 aliphatic rings. The molecule has 1 fully saturated rings. The van der Waals surface area contributed by atoms with E-state index in [1.807, 2.05) is 0 Å². The second-order valence-corrected chi connectivity index (χ2v) is 4.50. The molecular formula is C12H12ClF2NO. The molecule has 0 spiro atoms. The fourth-order valence-corrected chi connectivity index (χ4v) is 2.04. The number of carbonyl (C=O) groups is 1. The number of rotatable bonds is 1. The Balaban J connectivity index is 2.11. The van der Waals surface area contributed by atoms with Crippen molar-refractivity contribution in [3.8, 4) is 0 Å². The molecule has 0 saturated carbocycles. The summed E-state index contributed by atoms with van der Waals surface area (Å²) in [6.07, 6.45) is -0.0997. The number of benzene rings is 1. The number of piperidine rings is 1. The molecule has 92 valence electrons. The maximum Gasteiger partial charge on any atom is 0.253 e. The summed E-state index contributed by atoms with van der Waals surface area (Å²) in [6.45, 7) is 0.796. The minimum absolute atomic E-state index is 0.0729. The Morgan fingerprint density at radius 3 is 2.59 bits per heavy atom. The Hall–Kier alpha value is -1.16. The van der Waals surface area contributed by atoms with Crippen LogP contribution in [0.2, 0.25) is 5.02 Å². The van der Waals surface area contributed by atoms with Crippen LogP contribution in [0, 0.1) is 5.82 Å². The minimum Gasteiger partial charge on any atom is -0.338 e. The summed E-state index contributed by atoms with van der Waals surface area (Å²) < 4.78 is 25.9. The van der Waals surface area contributed by atoms with Crippen LogP contribution in [0.25, 0.3) is 0 Å². The van der Waals surface area contributed by atoms with Crippen molar-refractivity contribution < 1.29 is 13.6 Å². The van der Waals surface area contributed by atoms with Gasteiger partial charge in [0.1, 0.15) is 12.0 Å². The van der Waals surface area contributed by atoms with Crippen LogP contribution in [-0.2, 0) is 0 Å². The largest absolute Gasteiger partial charge is 0.338 e. The highest BCUT2D eigenvalue weighted by Crippen LogP contribution is 2.20. The van der Waals surface area contributed by atoms with Crippen molar-refractivity contribution in [2.45, 2.75) is 19.0 Å². The molecule has 0 atom stereocenters. The molecule has 1 aromatic rings. The normalized spacial score (nSPS) is 17.2. The molecule has 0 N–H and O–H groups in total. The monoisotopic (exact) mass is 259 g/mol. The fourth-order valence-electron chi connectivity index (χ4n) is 1.86. The van der Waals surface area contributed by atoms with Crippen molar-refractivity contribution in [1.29, 1.82) is 0 Å². The van der Waals surface area contributed by atoms with E-state index in [9.17, 15) is 13.6 Å². The van der Waals surface area contributed by atoms with E-state index >= 15 is 0 Å². The third-order valence-corrected chi connectivity index (χ3v) is 3.17. The van der Waals surface area contributed by atoms with Gasteiger partial charge in [-0.15, -0.1) is 0 Å². The molecule has 5 heteroatoms. The van der Waals surface area contributed by atoms with Gasteiger partial charge >= 0.3 is 0 Å². The van der Waals surface area contributed by atoms with Gasteiger partial charge in [-0.1, -0.05) is 11.6 Å². The summed E-state index contributed by atoms with van der Waals surface area (Å²) in [5, 5.41) is -0.0729. The molecule has 1 heterocycles. The molecule has 2 nitrogen and oxygen atoms in total. The quantitative estimate of drug-likeness (QED) is 0.759. The molecule has 1 aliphatic heterocycles. The molecule has 0 unspecified atom stereocenters. The number of hydrogen-bond acceptors (Lipinski definition) is 1. The highest BCUT2D eigenvalue weighted by molar-refractivity contribution is 6.31. The predicted molar refractivity (Wildman–Crippen MR) is 61.4 cm³/mol. The third-order valence-electron chi connectivity index (χ3n) is 2.88. The number of nitrogens with zero attached hydrogens (tertiary/aromatic N) is 1. The van der Waals surface area contributed by atoms with E-state index in [0.717, 1.165) is 6.07 Å². The Morgan fingerprint density at radius 1 is 1.35 bits per heavy atom. The summed E-state index contributed by atoms with van der Waals surface area (Å²) in [5.41, 5.74) is 0.341. The molecule has 0 aromatic heterocycles. The molecule has 2 rings (SSSR count). The van der Waals surface area contributed by atoms with Crippen molar-refractivity contribution in [3.63, 3.8) is 0 Å². The van der Waals surface area contributed by atoms with E-state index < -0.39 is 12.0 Å². The van der Waals surface area contributed by atoms with E-state index in [4.69, 9.17) is 11.6 Å². The smallest absolute Gasteiger partial charge is 0.253 e. The van der Waals surface area contributed by atoms with Gasteiger partial charge < -0.3 is 4.90 Å². The summed E-state index contributed by atoms with van der Waals surface area (Å²) >= 11 is 5.61. The number of carbonyl (C=O) groups excluding carboxylic acids is 1. The zero-order chi connectivity index (χ0) is 12.4.